The SMILES string of the molecule is O=C1NCN(CCCCN2CCN(c3ncccn3)CC2)c2cccc(F)c21. The Morgan fingerprint density at radius 2 is 1.75 bits per heavy atom. The first kappa shape index (κ1) is 18.6. The van der Waals surface area contributed by atoms with Gasteiger partial charge in [0.2, 0.25) is 5.95 Å². The lowest BCUT2D eigenvalue weighted by Crippen LogP contribution is -2.47. The minimum Gasteiger partial charge on any atom is -0.353 e. The monoisotopic (exact) mass is 384 g/mol. The van der Waals surface area contributed by atoms with Gasteiger partial charge in [-0.25, -0.2) is 14.4 Å². The highest BCUT2D eigenvalue weighted by atomic mass is 19.1. The minimum absolute atomic E-state index is 0.160. The molecule has 1 fully saturated rings. The second kappa shape index (κ2) is 8.52. The molecule has 28 heavy (non-hydrogen) atoms. The number of carbonyl (C=O) groups is 1. The summed E-state index contributed by atoms with van der Waals surface area (Å²) in [6.07, 6.45) is 5.62. The largest absolute Gasteiger partial charge is 0.353 e. The van der Waals surface area contributed by atoms with Crippen LogP contribution in [0.3, 0.4) is 0 Å². The molecule has 148 valence electrons. The average Bonchev–Trinajstić information content (AvgIpc) is 2.74. The lowest BCUT2D eigenvalue weighted by Gasteiger charge is -2.35. The summed E-state index contributed by atoms with van der Waals surface area (Å²) < 4.78 is 14.0. The molecule has 1 aromatic heterocycles. The lowest BCUT2D eigenvalue weighted by molar-refractivity contribution is 0.0943. The molecule has 2 aromatic rings. The quantitative estimate of drug-likeness (QED) is 0.766. The van der Waals surface area contributed by atoms with Crippen molar-refractivity contribution in [2.75, 3.05) is 55.7 Å². The number of rotatable bonds is 6. The molecule has 1 saturated heterocycles. The molecule has 0 radical (unpaired) electrons. The highest BCUT2D eigenvalue weighted by Gasteiger charge is 2.25. The second-order valence-electron chi connectivity index (χ2n) is 7.15. The van der Waals surface area contributed by atoms with Gasteiger partial charge in [0.15, 0.2) is 0 Å². The van der Waals surface area contributed by atoms with Gasteiger partial charge in [0.25, 0.3) is 5.91 Å². The zero-order valence-corrected chi connectivity index (χ0v) is 15.9. The van der Waals surface area contributed by atoms with E-state index < -0.39 is 5.82 Å². The molecule has 8 heteroatoms. The fourth-order valence-corrected chi connectivity index (χ4v) is 3.81. The van der Waals surface area contributed by atoms with E-state index in [9.17, 15) is 9.18 Å². The molecule has 0 bridgehead atoms. The van der Waals surface area contributed by atoms with E-state index >= 15 is 0 Å². The van der Waals surface area contributed by atoms with Crippen LogP contribution in [0.4, 0.5) is 16.0 Å². The Kier molecular flexibility index (Phi) is 5.66. The summed E-state index contributed by atoms with van der Waals surface area (Å²) in [6.45, 7) is 6.17. The number of aromatic nitrogens is 2. The summed E-state index contributed by atoms with van der Waals surface area (Å²) >= 11 is 0. The molecule has 0 unspecified atom stereocenters. The van der Waals surface area contributed by atoms with Crippen LogP contribution >= 0.6 is 0 Å². The number of unbranched alkanes of at least 4 members (excludes halogenated alkanes) is 1. The Balaban J connectivity index is 1.22. The number of fused-ring (bicyclic) bond motifs is 1. The Hall–Kier alpha value is -2.74. The van der Waals surface area contributed by atoms with E-state index in [1.807, 2.05) is 17.0 Å². The molecule has 2 aliphatic rings. The smallest absolute Gasteiger partial charge is 0.257 e. The van der Waals surface area contributed by atoms with Crippen LogP contribution in [-0.4, -0.2) is 66.7 Å². The number of benzene rings is 1. The van der Waals surface area contributed by atoms with Gasteiger partial charge in [-0.1, -0.05) is 6.07 Å². The molecule has 1 amide bonds. The fraction of sp³-hybridized carbons (Fsp3) is 0.450. The first-order valence-corrected chi connectivity index (χ1v) is 9.78. The second-order valence-corrected chi connectivity index (χ2v) is 7.15. The molecular weight excluding hydrogens is 359 g/mol. The number of carbonyl (C=O) groups excluding carboxylic acids is 1. The maximum absolute atomic E-state index is 14.0. The third kappa shape index (κ3) is 4.06. The number of halogens is 1. The van der Waals surface area contributed by atoms with Crippen molar-refractivity contribution in [1.82, 2.24) is 20.2 Å². The fourth-order valence-electron chi connectivity index (χ4n) is 3.81. The molecule has 2 aliphatic heterocycles. The normalized spacial score (nSPS) is 17.4. The van der Waals surface area contributed by atoms with Crippen molar-refractivity contribution >= 4 is 17.5 Å². The molecule has 0 aliphatic carbocycles. The number of amides is 1. The van der Waals surface area contributed by atoms with Crippen LogP contribution in [0.25, 0.3) is 0 Å². The topological polar surface area (TPSA) is 64.6 Å². The summed E-state index contributed by atoms with van der Waals surface area (Å²) in [7, 11) is 0. The van der Waals surface area contributed by atoms with E-state index in [-0.39, 0.29) is 11.5 Å². The molecule has 4 rings (SSSR count). The van der Waals surface area contributed by atoms with Crippen molar-refractivity contribution in [3.8, 4) is 0 Å². The maximum Gasteiger partial charge on any atom is 0.257 e. The highest BCUT2D eigenvalue weighted by molar-refractivity contribution is 6.01. The summed E-state index contributed by atoms with van der Waals surface area (Å²) in [5.41, 5.74) is 0.855. The third-order valence-corrected chi connectivity index (χ3v) is 5.35. The number of anilines is 2. The van der Waals surface area contributed by atoms with Crippen LogP contribution in [-0.2, 0) is 0 Å². The van der Waals surface area contributed by atoms with Crippen LogP contribution in [0.1, 0.15) is 23.2 Å². The van der Waals surface area contributed by atoms with E-state index in [0.29, 0.717) is 12.4 Å². The first-order valence-electron chi connectivity index (χ1n) is 9.78. The average molecular weight is 384 g/mol. The Morgan fingerprint density at radius 3 is 2.54 bits per heavy atom. The van der Waals surface area contributed by atoms with Crippen molar-refractivity contribution in [1.29, 1.82) is 0 Å². The number of hydrogen-bond donors (Lipinski definition) is 1. The zero-order valence-electron chi connectivity index (χ0n) is 15.9. The predicted octanol–water partition coefficient (Wildman–Crippen LogP) is 1.73. The Labute approximate surface area is 164 Å². The third-order valence-electron chi connectivity index (χ3n) is 5.35. The van der Waals surface area contributed by atoms with E-state index in [1.54, 1.807) is 18.5 Å². The zero-order chi connectivity index (χ0) is 19.3. The van der Waals surface area contributed by atoms with Gasteiger partial charge in [-0.2, -0.15) is 0 Å². The lowest BCUT2D eigenvalue weighted by atomic mass is 10.1. The van der Waals surface area contributed by atoms with Gasteiger partial charge in [0.1, 0.15) is 5.82 Å². The first-order chi connectivity index (χ1) is 13.7. The number of piperazine rings is 1. The minimum atomic E-state index is -0.458. The van der Waals surface area contributed by atoms with Crippen molar-refractivity contribution in [3.05, 3.63) is 48.0 Å². The molecule has 0 spiro atoms. The van der Waals surface area contributed by atoms with Gasteiger partial charge in [-0.05, 0) is 37.6 Å². The van der Waals surface area contributed by atoms with Gasteiger partial charge in [0.05, 0.1) is 17.9 Å². The molecule has 0 atom stereocenters. The molecule has 0 saturated carbocycles. The molecule has 7 nitrogen and oxygen atoms in total. The Bertz CT molecular complexity index is 810. The van der Waals surface area contributed by atoms with Crippen LogP contribution in [0.5, 0.6) is 0 Å². The van der Waals surface area contributed by atoms with Crippen LogP contribution in [0, 0.1) is 5.82 Å². The number of hydrogen-bond acceptors (Lipinski definition) is 6. The molecule has 1 N–H and O–H groups in total. The Morgan fingerprint density at radius 1 is 1.00 bits per heavy atom. The maximum atomic E-state index is 14.0. The summed E-state index contributed by atoms with van der Waals surface area (Å²) in [5, 5.41) is 2.76. The van der Waals surface area contributed by atoms with E-state index in [1.165, 1.54) is 6.07 Å². The van der Waals surface area contributed by atoms with Crippen LogP contribution in [0.2, 0.25) is 0 Å². The van der Waals surface area contributed by atoms with Gasteiger partial charge >= 0.3 is 0 Å². The van der Waals surface area contributed by atoms with E-state index in [2.05, 4.69) is 25.1 Å². The van der Waals surface area contributed by atoms with Gasteiger partial charge in [-0.3, -0.25) is 9.69 Å². The summed E-state index contributed by atoms with van der Waals surface area (Å²) in [6, 6.07) is 6.65. The summed E-state index contributed by atoms with van der Waals surface area (Å²) in [5.74, 6) is 0.0183. The molecule has 1 aromatic carbocycles. The van der Waals surface area contributed by atoms with Crippen LogP contribution < -0.4 is 15.1 Å². The van der Waals surface area contributed by atoms with E-state index in [4.69, 9.17) is 0 Å². The van der Waals surface area contributed by atoms with Crippen molar-refractivity contribution in [3.63, 3.8) is 0 Å². The predicted molar refractivity (Wildman–Crippen MR) is 106 cm³/mol. The van der Waals surface area contributed by atoms with Crippen molar-refractivity contribution in [2.45, 2.75) is 12.8 Å². The molecular formula is C20H25FN6O. The molecule has 3 heterocycles. The van der Waals surface area contributed by atoms with Gasteiger partial charge in [0, 0.05) is 45.1 Å². The van der Waals surface area contributed by atoms with Gasteiger partial charge < -0.3 is 15.1 Å². The summed E-state index contributed by atoms with van der Waals surface area (Å²) in [4.78, 5) is 27.3. The number of nitrogens with zero attached hydrogens (tertiary/aromatic N) is 5. The van der Waals surface area contributed by atoms with Crippen molar-refractivity contribution in [2.24, 2.45) is 0 Å². The number of nitrogens with one attached hydrogen (secondary N) is 1. The van der Waals surface area contributed by atoms with E-state index in [0.717, 1.165) is 58.1 Å². The van der Waals surface area contributed by atoms with Gasteiger partial charge in [-0.15, -0.1) is 0 Å². The van der Waals surface area contributed by atoms with Crippen molar-refractivity contribution < 1.29 is 9.18 Å². The highest BCUT2D eigenvalue weighted by Crippen LogP contribution is 2.26. The standard InChI is InChI=1S/C20H25FN6O/c21-16-5-3-6-17-18(16)19(28)24-15-27(17)10-2-1-9-25-11-13-26(14-12-25)20-22-7-4-8-23-20/h3-8H,1-2,9-15H2,(H,24,28). The van der Waals surface area contributed by atoms with Crippen LogP contribution in [0.15, 0.2) is 36.7 Å².